The lowest BCUT2D eigenvalue weighted by atomic mass is 10.1. The van der Waals surface area contributed by atoms with E-state index in [1.807, 2.05) is 24.4 Å². The highest BCUT2D eigenvalue weighted by molar-refractivity contribution is 6.01. The van der Waals surface area contributed by atoms with Gasteiger partial charge in [0.2, 0.25) is 0 Å². The Morgan fingerprint density at radius 2 is 1.85 bits per heavy atom. The summed E-state index contributed by atoms with van der Waals surface area (Å²) in [4.78, 5) is 0. The van der Waals surface area contributed by atoms with Crippen LogP contribution in [0.3, 0.4) is 0 Å². The van der Waals surface area contributed by atoms with Crippen molar-refractivity contribution in [3.05, 3.63) is 59.3 Å². The second kappa shape index (κ2) is 8.62. The zero-order valence-corrected chi connectivity index (χ0v) is 16.5. The van der Waals surface area contributed by atoms with Gasteiger partial charge in [0.15, 0.2) is 11.5 Å². The average Bonchev–Trinajstić information content (AvgIpc) is 2.97. The van der Waals surface area contributed by atoms with Crippen molar-refractivity contribution in [3.63, 3.8) is 0 Å². The fourth-order valence-electron chi connectivity index (χ4n) is 3.37. The van der Waals surface area contributed by atoms with Crippen LogP contribution in [0.1, 0.15) is 30.2 Å². The summed E-state index contributed by atoms with van der Waals surface area (Å²) in [7, 11) is 3.28. The molecule has 0 aliphatic rings. The van der Waals surface area contributed by atoms with E-state index in [2.05, 4.69) is 53.2 Å². The molecular formula is C22H27N3O2. The van der Waals surface area contributed by atoms with Gasteiger partial charge in [0.1, 0.15) is 0 Å². The zero-order valence-electron chi connectivity index (χ0n) is 16.5. The summed E-state index contributed by atoms with van der Waals surface area (Å²) in [6.45, 7) is 5.99. The smallest absolute Gasteiger partial charge is 0.161 e. The molecule has 0 aliphatic carbocycles. The van der Waals surface area contributed by atoms with Crippen molar-refractivity contribution in [1.29, 1.82) is 0 Å². The lowest BCUT2D eigenvalue weighted by Gasteiger charge is -2.09. The van der Waals surface area contributed by atoms with E-state index in [9.17, 15) is 0 Å². The fraction of sp³-hybridized carbons (Fsp3) is 0.318. The van der Waals surface area contributed by atoms with Crippen molar-refractivity contribution >= 4 is 17.1 Å². The van der Waals surface area contributed by atoms with E-state index >= 15 is 0 Å². The summed E-state index contributed by atoms with van der Waals surface area (Å²) in [6.07, 6.45) is 3.03. The fourth-order valence-corrected chi connectivity index (χ4v) is 3.37. The largest absolute Gasteiger partial charge is 0.493 e. The number of nitrogens with one attached hydrogen (secondary N) is 1. The number of hydrogen-bond donors (Lipinski definition) is 1. The van der Waals surface area contributed by atoms with Crippen molar-refractivity contribution in [1.82, 2.24) is 9.99 Å². The molecule has 0 saturated heterocycles. The highest BCUT2D eigenvalue weighted by atomic mass is 16.5. The van der Waals surface area contributed by atoms with E-state index in [0.29, 0.717) is 6.54 Å². The minimum Gasteiger partial charge on any atom is -0.493 e. The molecule has 2 aromatic carbocycles. The van der Waals surface area contributed by atoms with Gasteiger partial charge in [-0.15, -0.1) is 0 Å². The first-order chi connectivity index (χ1) is 13.2. The van der Waals surface area contributed by atoms with Crippen LogP contribution >= 0.6 is 0 Å². The Morgan fingerprint density at radius 1 is 1.07 bits per heavy atom. The topological polar surface area (TPSA) is 47.8 Å². The Balaban J connectivity index is 1.76. The van der Waals surface area contributed by atoms with Crippen LogP contribution in [0.25, 0.3) is 10.9 Å². The Kier molecular flexibility index (Phi) is 6.01. The molecule has 5 heteroatoms. The summed E-state index contributed by atoms with van der Waals surface area (Å²) in [5, 5.41) is 5.70. The molecule has 142 valence electrons. The molecule has 1 aromatic heterocycles. The normalized spacial score (nSPS) is 11.3. The first kappa shape index (κ1) is 18.8. The van der Waals surface area contributed by atoms with E-state index < -0.39 is 0 Å². The highest BCUT2D eigenvalue weighted by Crippen LogP contribution is 2.27. The van der Waals surface area contributed by atoms with Gasteiger partial charge in [-0.3, -0.25) is 0 Å². The molecule has 0 saturated carbocycles. The molecule has 3 rings (SSSR count). The number of nitrogens with zero attached hydrogens (tertiary/aromatic N) is 2. The monoisotopic (exact) mass is 365 g/mol. The predicted octanol–water partition coefficient (Wildman–Crippen LogP) is 4.50. The molecule has 1 N–H and O–H groups in total. The number of ether oxygens (including phenoxy) is 2. The first-order valence-electron chi connectivity index (χ1n) is 9.24. The average molecular weight is 365 g/mol. The number of aromatic nitrogens is 1. The van der Waals surface area contributed by atoms with Crippen LogP contribution in [0, 0.1) is 6.92 Å². The number of benzene rings is 2. The zero-order chi connectivity index (χ0) is 19.2. The molecule has 5 nitrogen and oxygen atoms in total. The quantitative estimate of drug-likeness (QED) is 0.472. The molecule has 0 atom stereocenters. The number of fused-ring (bicyclic) bond motifs is 1. The van der Waals surface area contributed by atoms with Crippen molar-refractivity contribution < 1.29 is 9.47 Å². The molecule has 1 heterocycles. The number of methoxy groups -OCH3 is 2. The van der Waals surface area contributed by atoms with E-state index in [1.54, 1.807) is 14.2 Å². The van der Waals surface area contributed by atoms with Crippen LogP contribution in [0.15, 0.2) is 47.6 Å². The number of hydrazone groups is 1. The summed E-state index contributed by atoms with van der Waals surface area (Å²) >= 11 is 0. The number of rotatable bonds is 8. The second-order valence-corrected chi connectivity index (χ2v) is 6.45. The molecule has 0 bridgehead atoms. The van der Waals surface area contributed by atoms with Gasteiger partial charge in [0.25, 0.3) is 0 Å². The molecule has 0 radical (unpaired) electrons. The summed E-state index contributed by atoms with van der Waals surface area (Å²) in [6, 6.07) is 14.4. The van der Waals surface area contributed by atoms with E-state index in [-0.39, 0.29) is 0 Å². The Labute approximate surface area is 160 Å². The standard InChI is InChI=1S/C22H27N3O2/c1-5-12-25-16(2)19(18-8-6-7-9-20(18)25)15-24-23-14-17-10-11-21(26-3)22(13-17)27-4/h6-11,13,15,23H,5,12,14H2,1-4H3/b24-15+. The summed E-state index contributed by atoms with van der Waals surface area (Å²) < 4.78 is 13.0. The van der Waals surface area contributed by atoms with E-state index in [0.717, 1.165) is 30.0 Å². The van der Waals surface area contributed by atoms with Gasteiger partial charge < -0.3 is 19.5 Å². The Bertz CT molecular complexity index is 944. The third kappa shape index (κ3) is 3.92. The third-order valence-corrected chi connectivity index (χ3v) is 4.74. The molecular weight excluding hydrogens is 338 g/mol. The number of aryl methyl sites for hydroxylation is 1. The maximum atomic E-state index is 5.35. The van der Waals surface area contributed by atoms with Gasteiger partial charge in [-0.25, -0.2) is 0 Å². The molecule has 0 aliphatic heterocycles. The predicted molar refractivity (Wildman–Crippen MR) is 111 cm³/mol. The van der Waals surface area contributed by atoms with Gasteiger partial charge in [-0.1, -0.05) is 31.2 Å². The van der Waals surface area contributed by atoms with E-state index in [1.165, 1.54) is 22.2 Å². The van der Waals surface area contributed by atoms with Crippen LogP contribution in [-0.4, -0.2) is 25.0 Å². The van der Waals surface area contributed by atoms with Gasteiger partial charge in [0, 0.05) is 28.7 Å². The molecule has 0 spiro atoms. The van der Waals surface area contributed by atoms with Crippen molar-refractivity contribution in [2.45, 2.75) is 33.4 Å². The molecule has 0 fully saturated rings. The summed E-state index contributed by atoms with van der Waals surface area (Å²) in [5.41, 5.74) is 7.89. The van der Waals surface area contributed by atoms with Gasteiger partial charge in [0.05, 0.1) is 27.0 Å². The third-order valence-electron chi connectivity index (χ3n) is 4.74. The van der Waals surface area contributed by atoms with Crippen LogP contribution in [0.5, 0.6) is 11.5 Å². The molecule has 3 aromatic rings. The minimum absolute atomic E-state index is 0.615. The van der Waals surface area contributed by atoms with Gasteiger partial charge >= 0.3 is 0 Å². The van der Waals surface area contributed by atoms with E-state index in [4.69, 9.17) is 9.47 Å². The molecule has 0 amide bonds. The lowest BCUT2D eigenvalue weighted by Crippen LogP contribution is -2.06. The second-order valence-electron chi connectivity index (χ2n) is 6.45. The van der Waals surface area contributed by atoms with Crippen LogP contribution in [-0.2, 0) is 13.1 Å². The minimum atomic E-state index is 0.615. The molecule has 27 heavy (non-hydrogen) atoms. The first-order valence-corrected chi connectivity index (χ1v) is 9.24. The van der Waals surface area contributed by atoms with Crippen molar-refractivity contribution in [2.24, 2.45) is 5.10 Å². The number of para-hydroxylation sites is 1. The van der Waals surface area contributed by atoms with Crippen molar-refractivity contribution in [2.75, 3.05) is 14.2 Å². The van der Waals surface area contributed by atoms with Gasteiger partial charge in [-0.05, 0) is 37.1 Å². The SMILES string of the molecule is CCCn1c(C)c(/C=N/NCc2ccc(OC)c(OC)c2)c2ccccc21. The van der Waals surface area contributed by atoms with Crippen molar-refractivity contribution in [3.8, 4) is 11.5 Å². The lowest BCUT2D eigenvalue weighted by molar-refractivity contribution is 0.354. The maximum absolute atomic E-state index is 5.35. The highest BCUT2D eigenvalue weighted by Gasteiger charge is 2.11. The number of hydrogen-bond acceptors (Lipinski definition) is 4. The van der Waals surface area contributed by atoms with Crippen LogP contribution in [0.2, 0.25) is 0 Å². The van der Waals surface area contributed by atoms with Crippen LogP contribution < -0.4 is 14.9 Å². The Hall–Kier alpha value is -2.95. The molecule has 0 unspecified atom stereocenters. The Morgan fingerprint density at radius 3 is 2.59 bits per heavy atom. The van der Waals surface area contributed by atoms with Gasteiger partial charge in [-0.2, -0.15) is 5.10 Å². The summed E-state index contributed by atoms with van der Waals surface area (Å²) in [5.74, 6) is 1.45. The van der Waals surface area contributed by atoms with Crippen LogP contribution in [0.4, 0.5) is 0 Å². The maximum Gasteiger partial charge on any atom is 0.161 e.